The highest BCUT2D eigenvalue weighted by Gasteiger charge is 2.32. The molecule has 1 fully saturated rings. The minimum atomic E-state index is 0.0708. The van der Waals surface area contributed by atoms with Gasteiger partial charge < -0.3 is 14.4 Å². The summed E-state index contributed by atoms with van der Waals surface area (Å²) in [6, 6.07) is 5.93. The van der Waals surface area contributed by atoms with Crippen molar-refractivity contribution in [2.45, 2.75) is 57.4 Å². The summed E-state index contributed by atoms with van der Waals surface area (Å²) in [7, 11) is 3.31. The summed E-state index contributed by atoms with van der Waals surface area (Å²) >= 11 is 0. The first kappa shape index (κ1) is 18.8. The van der Waals surface area contributed by atoms with E-state index in [-0.39, 0.29) is 11.9 Å². The standard InChI is InChI=1S/C22H29N3O3/c1-27-15-9-10-17(21(14-15)28-2)20-8-5-13-25(20)22(26)12-11-19-16-6-3-4-7-18(16)23-24-19/h9-10,14,20H,3-8,11-13H2,1-2H3,(H,23,24)/t20-/m0/s1. The van der Waals surface area contributed by atoms with Crippen molar-refractivity contribution in [2.75, 3.05) is 20.8 Å². The van der Waals surface area contributed by atoms with Gasteiger partial charge in [0, 0.05) is 36.7 Å². The minimum Gasteiger partial charge on any atom is -0.497 e. The Kier molecular flexibility index (Phi) is 5.55. The Bertz CT molecular complexity index is 846. The van der Waals surface area contributed by atoms with Crippen molar-refractivity contribution < 1.29 is 14.3 Å². The number of carbonyl (C=O) groups is 1. The second-order valence-electron chi connectivity index (χ2n) is 7.69. The van der Waals surface area contributed by atoms with Gasteiger partial charge in [0.25, 0.3) is 0 Å². The van der Waals surface area contributed by atoms with Crippen LogP contribution in [0.1, 0.15) is 60.7 Å². The number of H-pyrrole nitrogens is 1. The van der Waals surface area contributed by atoms with Gasteiger partial charge in [0.15, 0.2) is 0 Å². The summed E-state index contributed by atoms with van der Waals surface area (Å²) in [5.74, 6) is 1.75. The zero-order chi connectivity index (χ0) is 19.5. The molecule has 6 nitrogen and oxygen atoms in total. The Balaban J connectivity index is 1.46. The van der Waals surface area contributed by atoms with E-state index in [9.17, 15) is 4.79 Å². The number of methoxy groups -OCH3 is 2. The second kappa shape index (κ2) is 8.25. The Morgan fingerprint density at radius 1 is 1.21 bits per heavy atom. The van der Waals surface area contributed by atoms with Crippen molar-refractivity contribution in [3.05, 3.63) is 40.7 Å². The molecule has 0 saturated carbocycles. The summed E-state index contributed by atoms with van der Waals surface area (Å²) in [4.78, 5) is 15.1. The van der Waals surface area contributed by atoms with Gasteiger partial charge in [-0.1, -0.05) is 0 Å². The zero-order valence-electron chi connectivity index (χ0n) is 16.8. The molecule has 1 N–H and O–H groups in total. The maximum absolute atomic E-state index is 13.0. The van der Waals surface area contributed by atoms with Gasteiger partial charge in [-0.3, -0.25) is 9.89 Å². The molecule has 1 amide bonds. The maximum atomic E-state index is 13.0. The lowest BCUT2D eigenvalue weighted by Crippen LogP contribution is -2.31. The topological polar surface area (TPSA) is 67.5 Å². The number of amides is 1. The van der Waals surface area contributed by atoms with Crippen molar-refractivity contribution in [1.29, 1.82) is 0 Å². The van der Waals surface area contributed by atoms with Crippen molar-refractivity contribution in [2.24, 2.45) is 0 Å². The number of aromatic amines is 1. The molecule has 1 aliphatic heterocycles. The number of likely N-dealkylation sites (tertiary alicyclic amines) is 1. The number of benzene rings is 1. The molecule has 0 unspecified atom stereocenters. The summed E-state index contributed by atoms with van der Waals surface area (Å²) < 4.78 is 10.9. The van der Waals surface area contributed by atoms with E-state index < -0.39 is 0 Å². The van der Waals surface area contributed by atoms with Crippen LogP contribution in [0, 0.1) is 0 Å². The molecule has 0 bridgehead atoms. The average molecular weight is 383 g/mol. The quantitative estimate of drug-likeness (QED) is 0.828. The summed E-state index contributed by atoms with van der Waals surface area (Å²) in [5.41, 5.74) is 4.77. The fraction of sp³-hybridized carbons (Fsp3) is 0.545. The van der Waals surface area contributed by atoms with Crippen LogP contribution in [0.15, 0.2) is 18.2 Å². The molecular formula is C22H29N3O3. The van der Waals surface area contributed by atoms with Gasteiger partial charge in [0.05, 0.1) is 26.0 Å². The number of fused-ring (bicyclic) bond motifs is 1. The number of rotatable bonds is 6. The fourth-order valence-corrected chi connectivity index (χ4v) is 4.61. The third-order valence-electron chi connectivity index (χ3n) is 6.09. The van der Waals surface area contributed by atoms with Crippen LogP contribution in [0.25, 0.3) is 0 Å². The van der Waals surface area contributed by atoms with E-state index in [0.717, 1.165) is 55.0 Å². The molecule has 150 valence electrons. The first-order valence-corrected chi connectivity index (χ1v) is 10.3. The van der Waals surface area contributed by atoms with Crippen LogP contribution in [0.3, 0.4) is 0 Å². The normalized spacial score (nSPS) is 18.8. The number of aromatic nitrogens is 2. The second-order valence-corrected chi connectivity index (χ2v) is 7.69. The average Bonchev–Trinajstić information content (AvgIpc) is 3.38. The Hall–Kier alpha value is -2.50. The first-order valence-electron chi connectivity index (χ1n) is 10.3. The van der Waals surface area contributed by atoms with Crippen molar-refractivity contribution >= 4 is 5.91 Å². The Morgan fingerprint density at radius 3 is 2.89 bits per heavy atom. The van der Waals surface area contributed by atoms with E-state index in [4.69, 9.17) is 9.47 Å². The monoisotopic (exact) mass is 383 g/mol. The van der Waals surface area contributed by atoms with E-state index in [2.05, 4.69) is 10.2 Å². The smallest absolute Gasteiger partial charge is 0.223 e. The van der Waals surface area contributed by atoms with E-state index in [0.29, 0.717) is 12.8 Å². The number of aryl methyl sites for hydroxylation is 2. The lowest BCUT2D eigenvalue weighted by molar-refractivity contribution is -0.132. The van der Waals surface area contributed by atoms with Crippen LogP contribution in [0.4, 0.5) is 0 Å². The predicted molar refractivity (Wildman–Crippen MR) is 107 cm³/mol. The van der Waals surface area contributed by atoms with E-state index in [1.807, 2.05) is 23.1 Å². The number of carbonyl (C=O) groups excluding carboxylic acids is 1. The molecule has 4 rings (SSSR count). The molecule has 1 saturated heterocycles. The fourth-order valence-electron chi connectivity index (χ4n) is 4.61. The van der Waals surface area contributed by atoms with Crippen LogP contribution in [-0.2, 0) is 24.1 Å². The van der Waals surface area contributed by atoms with Gasteiger partial charge in [-0.05, 0) is 56.2 Å². The van der Waals surface area contributed by atoms with Crippen LogP contribution in [0.2, 0.25) is 0 Å². The number of hydrogen-bond acceptors (Lipinski definition) is 4. The summed E-state index contributed by atoms with van der Waals surface area (Å²) in [6.07, 6.45) is 7.83. The Morgan fingerprint density at radius 2 is 2.07 bits per heavy atom. The SMILES string of the molecule is COc1ccc([C@@H]2CCCN2C(=O)CCc2n[nH]c3c2CCCC3)c(OC)c1. The number of ether oxygens (including phenoxy) is 2. The van der Waals surface area contributed by atoms with E-state index in [1.54, 1.807) is 14.2 Å². The van der Waals surface area contributed by atoms with Crippen molar-refractivity contribution in [3.63, 3.8) is 0 Å². The number of nitrogens with zero attached hydrogens (tertiary/aromatic N) is 2. The van der Waals surface area contributed by atoms with Crippen LogP contribution < -0.4 is 9.47 Å². The van der Waals surface area contributed by atoms with E-state index in [1.165, 1.54) is 24.1 Å². The molecule has 28 heavy (non-hydrogen) atoms. The van der Waals surface area contributed by atoms with Crippen molar-refractivity contribution in [3.8, 4) is 11.5 Å². The highest BCUT2D eigenvalue weighted by Crippen LogP contribution is 2.39. The molecule has 0 radical (unpaired) electrons. The van der Waals surface area contributed by atoms with Crippen LogP contribution in [-0.4, -0.2) is 41.8 Å². The third kappa shape index (κ3) is 3.60. The lowest BCUT2D eigenvalue weighted by atomic mass is 9.94. The van der Waals surface area contributed by atoms with Crippen LogP contribution in [0.5, 0.6) is 11.5 Å². The lowest BCUT2D eigenvalue weighted by Gasteiger charge is -2.26. The van der Waals surface area contributed by atoms with Gasteiger partial charge in [-0.25, -0.2) is 0 Å². The molecule has 1 aromatic heterocycles. The molecular weight excluding hydrogens is 354 g/mol. The zero-order valence-corrected chi connectivity index (χ0v) is 16.8. The molecule has 0 spiro atoms. The maximum Gasteiger partial charge on any atom is 0.223 e. The molecule has 6 heteroatoms. The molecule has 2 aliphatic rings. The largest absolute Gasteiger partial charge is 0.497 e. The molecule has 2 aromatic rings. The summed E-state index contributed by atoms with van der Waals surface area (Å²) in [5, 5.41) is 7.67. The number of hydrogen-bond donors (Lipinski definition) is 1. The minimum absolute atomic E-state index is 0.0708. The Labute approximate surface area is 166 Å². The van der Waals surface area contributed by atoms with Gasteiger partial charge in [0.2, 0.25) is 5.91 Å². The molecule has 1 atom stereocenters. The van der Waals surface area contributed by atoms with Gasteiger partial charge in [-0.15, -0.1) is 0 Å². The predicted octanol–water partition coefficient (Wildman–Crippen LogP) is 3.60. The van der Waals surface area contributed by atoms with E-state index >= 15 is 0 Å². The highest BCUT2D eigenvalue weighted by molar-refractivity contribution is 5.77. The third-order valence-corrected chi connectivity index (χ3v) is 6.09. The van der Waals surface area contributed by atoms with Gasteiger partial charge in [-0.2, -0.15) is 5.10 Å². The molecule has 2 heterocycles. The number of nitrogens with one attached hydrogen (secondary N) is 1. The summed E-state index contributed by atoms with van der Waals surface area (Å²) in [6.45, 7) is 0.803. The molecule has 1 aliphatic carbocycles. The van der Waals surface area contributed by atoms with Crippen LogP contribution >= 0.6 is 0 Å². The van der Waals surface area contributed by atoms with Gasteiger partial charge >= 0.3 is 0 Å². The highest BCUT2D eigenvalue weighted by atomic mass is 16.5. The van der Waals surface area contributed by atoms with Gasteiger partial charge in [0.1, 0.15) is 11.5 Å². The molecule has 1 aromatic carbocycles. The van der Waals surface area contributed by atoms with Crippen molar-refractivity contribution in [1.82, 2.24) is 15.1 Å². The first-order chi connectivity index (χ1) is 13.7.